The summed E-state index contributed by atoms with van der Waals surface area (Å²) < 4.78 is 1.88. The van der Waals surface area contributed by atoms with Gasteiger partial charge in [-0.2, -0.15) is 0 Å². The van der Waals surface area contributed by atoms with Crippen molar-refractivity contribution in [1.82, 2.24) is 14.8 Å². The van der Waals surface area contributed by atoms with Gasteiger partial charge in [-0.3, -0.25) is 4.79 Å². The van der Waals surface area contributed by atoms with Crippen molar-refractivity contribution >= 4 is 17.5 Å². The Balaban J connectivity index is 1.99. The summed E-state index contributed by atoms with van der Waals surface area (Å²) >= 11 is 1.66. The first-order valence-corrected chi connectivity index (χ1v) is 5.16. The zero-order chi connectivity index (χ0) is 9.26. The van der Waals surface area contributed by atoms with Crippen LogP contribution in [0.1, 0.15) is 19.3 Å². The van der Waals surface area contributed by atoms with Crippen molar-refractivity contribution < 1.29 is 4.79 Å². The first-order valence-electron chi connectivity index (χ1n) is 4.28. The number of aryl methyl sites for hydroxylation is 1. The topological polar surface area (TPSA) is 47.8 Å². The third-order valence-electron chi connectivity index (χ3n) is 2.14. The molecule has 0 radical (unpaired) electrons. The monoisotopic (exact) mass is 197 g/mol. The van der Waals surface area contributed by atoms with Crippen LogP contribution in [-0.2, 0) is 11.8 Å². The Kier molecular flexibility index (Phi) is 2.35. The Morgan fingerprint density at radius 1 is 1.69 bits per heavy atom. The van der Waals surface area contributed by atoms with Crippen LogP contribution in [-0.4, -0.2) is 25.8 Å². The highest BCUT2D eigenvalue weighted by molar-refractivity contribution is 7.99. The molecule has 1 aromatic rings. The fraction of sp³-hybridized carbons (Fsp3) is 0.625. The van der Waals surface area contributed by atoms with Crippen molar-refractivity contribution in [3.63, 3.8) is 0 Å². The second kappa shape index (κ2) is 3.49. The van der Waals surface area contributed by atoms with Gasteiger partial charge >= 0.3 is 0 Å². The highest BCUT2D eigenvalue weighted by Gasteiger charge is 2.24. The average molecular weight is 197 g/mol. The van der Waals surface area contributed by atoms with Gasteiger partial charge in [0.05, 0.1) is 0 Å². The number of Topliss-reactive ketones (excluding diaryl/α,β-unsaturated/α-hetero) is 1. The molecule has 1 heterocycles. The summed E-state index contributed by atoms with van der Waals surface area (Å²) in [5.41, 5.74) is 0. The van der Waals surface area contributed by atoms with E-state index >= 15 is 0 Å². The first-order chi connectivity index (χ1) is 6.25. The molecule has 0 aliphatic heterocycles. The van der Waals surface area contributed by atoms with Crippen molar-refractivity contribution in [3.05, 3.63) is 6.33 Å². The molecule has 1 aromatic heterocycles. The molecule has 1 aliphatic carbocycles. The molecule has 1 unspecified atom stereocenters. The second-order valence-corrected chi connectivity index (χ2v) is 4.51. The van der Waals surface area contributed by atoms with E-state index in [1.807, 2.05) is 11.6 Å². The number of carbonyl (C=O) groups excluding carboxylic acids is 1. The maximum atomic E-state index is 11.0. The lowest BCUT2D eigenvalue weighted by atomic mass is 10.4. The predicted octanol–water partition coefficient (Wildman–Crippen LogP) is 1.03. The molecule has 0 aromatic carbocycles. The minimum absolute atomic E-state index is 0.375. The number of rotatable bonds is 2. The third-order valence-corrected chi connectivity index (χ3v) is 3.46. The zero-order valence-electron chi connectivity index (χ0n) is 7.43. The summed E-state index contributed by atoms with van der Waals surface area (Å²) in [5, 5.41) is 9.07. The van der Waals surface area contributed by atoms with Gasteiger partial charge in [-0.15, -0.1) is 10.2 Å². The first kappa shape index (κ1) is 8.74. The molecule has 0 N–H and O–H groups in total. The maximum Gasteiger partial charge on any atom is 0.191 e. The van der Waals surface area contributed by atoms with Crippen LogP contribution in [0, 0.1) is 0 Å². The predicted molar refractivity (Wildman–Crippen MR) is 49.5 cm³/mol. The van der Waals surface area contributed by atoms with E-state index < -0.39 is 0 Å². The number of hydrogen-bond acceptors (Lipinski definition) is 4. The van der Waals surface area contributed by atoms with Crippen LogP contribution in [0.15, 0.2) is 11.5 Å². The maximum absolute atomic E-state index is 11.0. The fourth-order valence-corrected chi connectivity index (χ4v) is 2.52. The normalized spacial score (nSPS) is 22.5. The number of ketones is 1. The average Bonchev–Trinajstić information content (AvgIpc) is 2.64. The van der Waals surface area contributed by atoms with Crippen LogP contribution in [0.2, 0.25) is 0 Å². The molecule has 2 rings (SSSR count). The molecule has 4 nitrogen and oxygen atoms in total. The number of thioether (sulfide) groups is 1. The van der Waals surface area contributed by atoms with E-state index in [4.69, 9.17) is 0 Å². The van der Waals surface area contributed by atoms with Crippen LogP contribution in [0.4, 0.5) is 0 Å². The molecule has 70 valence electrons. The van der Waals surface area contributed by atoms with Crippen LogP contribution in [0.5, 0.6) is 0 Å². The van der Waals surface area contributed by atoms with Gasteiger partial charge in [-0.25, -0.2) is 0 Å². The summed E-state index contributed by atoms with van der Waals surface area (Å²) in [4.78, 5) is 11.0. The van der Waals surface area contributed by atoms with Gasteiger partial charge in [0.15, 0.2) is 5.16 Å². The van der Waals surface area contributed by atoms with Gasteiger partial charge in [0.25, 0.3) is 0 Å². The van der Waals surface area contributed by atoms with Crippen molar-refractivity contribution in [1.29, 1.82) is 0 Å². The second-order valence-electron chi connectivity index (χ2n) is 3.25. The summed E-state index contributed by atoms with van der Waals surface area (Å²) in [7, 11) is 1.92. The highest BCUT2D eigenvalue weighted by atomic mass is 32.2. The van der Waals surface area contributed by atoms with E-state index in [0.717, 1.165) is 18.0 Å². The number of carbonyl (C=O) groups is 1. The Morgan fingerprint density at radius 2 is 2.54 bits per heavy atom. The zero-order valence-corrected chi connectivity index (χ0v) is 8.25. The Morgan fingerprint density at radius 3 is 3.08 bits per heavy atom. The molecule has 1 aliphatic rings. The standard InChI is InChI=1S/C8H11N3OS/c1-11-5-9-10-8(11)13-7-3-2-6(12)4-7/h5,7H,2-4H2,1H3. The lowest BCUT2D eigenvalue weighted by Crippen LogP contribution is -1.99. The fourth-order valence-electron chi connectivity index (χ4n) is 1.41. The van der Waals surface area contributed by atoms with Crippen molar-refractivity contribution in [2.45, 2.75) is 29.7 Å². The van der Waals surface area contributed by atoms with Gasteiger partial charge in [-0.1, -0.05) is 11.8 Å². The SMILES string of the molecule is Cn1cnnc1SC1CCC(=O)C1. The molecule has 1 atom stereocenters. The minimum Gasteiger partial charge on any atom is -0.312 e. The molecular weight excluding hydrogens is 186 g/mol. The smallest absolute Gasteiger partial charge is 0.191 e. The Bertz CT molecular complexity index is 323. The summed E-state index contributed by atoms with van der Waals surface area (Å²) in [6.07, 6.45) is 4.09. The molecule has 0 amide bonds. The number of nitrogens with zero attached hydrogens (tertiary/aromatic N) is 3. The molecule has 0 saturated heterocycles. The molecule has 0 bridgehead atoms. The summed E-state index contributed by atoms with van der Waals surface area (Å²) in [6, 6.07) is 0. The van der Waals surface area contributed by atoms with Crippen molar-refractivity contribution in [2.75, 3.05) is 0 Å². The van der Waals surface area contributed by atoms with E-state index in [1.165, 1.54) is 0 Å². The molecule has 1 saturated carbocycles. The quantitative estimate of drug-likeness (QED) is 0.710. The van der Waals surface area contributed by atoms with E-state index in [1.54, 1.807) is 18.1 Å². The van der Waals surface area contributed by atoms with Gasteiger partial charge in [0, 0.05) is 25.1 Å². The van der Waals surface area contributed by atoms with Crippen LogP contribution < -0.4 is 0 Å². The summed E-state index contributed by atoms with van der Waals surface area (Å²) in [6.45, 7) is 0. The Labute approximate surface area is 80.7 Å². The van der Waals surface area contributed by atoms with Crippen LogP contribution in [0.3, 0.4) is 0 Å². The van der Waals surface area contributed by atoms with Crippen molar-refractivity contribution in [2.24, 2.45) is 7.05 Å². The van der Waals surface area contributed by atoms with Gasteiger partial charge in [-0.05, 0) is 6.42 Å². The van der Waals surface area contributed by atoms with Crippen molar-refractivity contribution in [3.8, 4) is 0 Å². The number of aromatic nitrogens is 3. The van der Waals surface area contributed by atoms with Gasteiger partial charge in [0.2, 0.25) is 0 Å². The third kappa shape index (κ3) is 1.91. The molecular formula is C8H11N3OS. The molecule has 1 fully saturated rings. The summed E-state index contributed by atoms with van der Waals surface area (Å²) in [5.74, 6) is 0.375. The van der Waals surface area contributed by atoms with E-state index in [2.05, 4.69) is 10.2 Å². The van der Waals surface area contributed by atoms with E-state index in [9.17, 15) is 4.79 Å². The number of hydrogen-bond donors (Lipinski definition) is 0. The molecule has 0 spiro atoms. The Hall–Kier alpha value is -0.840. The largest absolute Gasteiger partial charge is 0.312 e. The lowest BCUT2D eigenvalue weighted by Gasteiger charge is -2.05. The van der Waals surface area contributed by atoms with Crippen LogP contribution in [0.25, 0.3) is 0 Å². The highest BCUT2D eigenvalue weighted by Crippen LogP contribution is 2.31. The van der Waals surface area contributed by atoms with E-state index in [-0.39, 0.29) is 0 Å². The van der Waals surface area contributed by atoms with Gasteiger partial charge in [0.1, 0.15) is 12.1 Å². The van der Waals surface area contributed by atoms with E-state index in [0.29, 0.717) is 17.5 Å². The molecule has 13 heavy (non-hydrogen) atoms. The van der Waals surface area contributed by atoms with Crippen LogP contribution >= 0.6 is 11.8 Å². The minimum atomic E-state index is 0.375. The lowest BCUT2D eigenvalue weighted by molar-refractivity contribution is -0.117. The van der Waals surface area contributed by atoms with Gasteiger partial charge < -0.3 is 4.57 Å². The molecule has 5 heteroatoms.